The van der Waals surface area contributed by atoms with Crippen LogP contribution in [0.5, 0.6) is 0 Å². The molecule has 1 aliphatic carbocycles. The summed E-state index contributed by atoms with van der Waals surface area (Å²) in [5.74, 6) is 0. The van der Waals surface area contributed by atoms with Gasteiger partial charge in [0.2, 0.25) is 0 Å². The SMILES string of the molecule is CN(c1ccc(Cl)cc1C=O)C1CCCCC1O. The predicted molar refractivity (Wildman–Crippen MR) is 73.5 cm³/mol. The number of carbonyl (C=O) groups excluding carboxylic acids is 1. The lowest BCUT2D eigenvalue weighted by molar-refractivity contribution is 0.105. The van der Waals surface area contributed by atoms with Crippen molar-refractivity contribution in [1.29, 1.82) is 0 Å². The molecule has 1 fully saturated rings. The van der Waals surface area contributed by atoms with Crippen LogP contribution in [0, 0.1) is 0 Å². The van der Waals surface area contributed by atoms with Crippen LogP contribution in [0.2, 0.25) is 5.02 Å². The molecule has 0 aromatic heterocycles. The lowest BCUT2D eigenvalue weighted by atomic mass is 9.91. The van der Waals surface area contributed by atoms with Crippen LogP contribution in [0.4, 0.5) is 5.69 Å². The smallest absolute Gasteiger partial charge is 0.152 e. The van der Waals surface area contributed by atoms with Crippen LogP contribution in [-0.4, -0.2) is 30.6 Å². The Morgan fingerprint density at radius 3 is 2.78 bits per heavy atom. The maximum atomic E-state index is 11.1. The Labute approximate surface area is 112 Å². The van der Waals surface area contributed by atoms with Gasteiger partial charge < -0.3 is 10.0 Å². The molecular formula is C14H18ClNO2. The molecule has 2 rings (SSSR count). The average Bonchev–Trinajstić information content (AvgIpc) is 2.38. The topological polar surface area (TPSA) is 40.5 Å². The monoisotopic (exact) mass is 267 g/mol. The molecule has 0 amide bonds. The van der Waals surface area contributed by atoms with Crippen molar-refractivity contribution in [2.75, 3.05) is 11.9 Å². The third kappa shape index (κ3) is 2.68. The van der Waals surface area contributed by atoms with E-state index in [0.717, 1.165) is 37.7 Å². The zero-order chi connectivity index (χ0) is 13.1. The second kappa shape index (κ2) is 5.72. The van der Waals surface area contributed by atoms with E-state index < -0.39 is 0 Å². The minimum Gasteiger partial charge on any atom is -0.391 e. The van der Waals surface area contributed by atoms with Crippen LogP contribution >= 0.6 is 11.6 Å². The van der Waals surface area contributed by atoms with Crippen molar-refractivity contribution in [1.82, 2.24) is 0 Å². The number of benzene rings is 1. The van der Waals surface area contributed by atoms with Gasteiger partial charge in [0.05, 0.1) is 12.1 Å². The molecule has 0 aliphatic heterocycles. The summed E-state index contributed by atoms with van der Waals surface area (Å²) in [6, 6.07) is 5.36. The van der Waals surface area contributed by atoms with E-state index >= 15 is 0 Å². The molecule has 0 radical (unpaired) electrons. The number of aliphatic hydroxyl groups excluding tert-OH is 1. The third-order valence-corrected chi connectivity index (χ3v) is 3.92. The minimum atomic E-state index is -0.320. The van der Waals surface area contributed by atoms with E-state index in [1.807, 2.05) is 18.0 Å². The maximum absolute atomic E-state index is 11.1. The second-order valence-electron chi connectivity index (χ2n) is 4.85. The fraction of sp³-hybridized carbons (Fsp3) is 0.500. The van der Waals surface area contributed by atoms with Crippen molar-refractivity contribution in [2.45, 2.75) is 37.8 Å². The highest BCUT2D eigenvalue weighted by atomic mass is 35.5. The molecule has 2 unspecified atom stereocenters. The lowest BCUT2D eigenvalue weighted by Gasteiger charge is -2.37. The summed E-state index contributed by atoms with van der Waals surface area (Å²) in [5, 5.41) is 10.6. The quantitative estimate of drug-likeness (QED) is 0.856. The van der Waals surface area contributed by atoms with E-state index in [0.29, 0.717) is 10.6 Å². The van der Waals surface area contributed by atoms with Gasteiger partial charge in [-0.25, -0.2) is 0 Å². The molecule has 1 aromatic rings. The van der Waals surface area contributed by atoms with Crippen LogP contribution < -0.4 is 4.90 Å². The largest absolute Gasteiger partial charge is 0.391 e. The second-order valence-corrected chi connectivity index (χ2v) is 5.29. The van der Waals surface area contributed by atoms with E-state index in [2.05, 4.69) is 0 Å². The van der Waals surface area contributed by atoms with Crippen LogP contribution in [0.1, 0.15) is 36.0 Å². The van der Waals surface area contributed by atoms with E-state index in [1.165, 1.54) is 0 Å². The Morgan fingerprint density at radius 2 is 2.11 bits per heavy atom. The van der Waals surface area contributed by atoms with Crippen LogP contribution in [0.25, 0.3) is 0 Å². The van der Waals surface area contributed by atoms with Crippen molar-refractivity contribution in [3.63, 3.8) is 0 Å². The summed E-state index contributed by atoms with van der Waals surface area (Å²) in [7, 11) is 1.93. The van der Waals surface area contributed by atoms with Crippen molar-refractivity contribution in [2.24, 2.45) is 0 Å². The molecule has 18 heavy (non-hydrogen) atoms. The summed E-state index contributed by atoms with van der Waals surface area (Å²) in [5.41, 5.74) is 1.41. The van der Waals surface area contributed by atoms with Gasteiger partial charge in [0.25, 0.3) is 0 Å². The number of hydrogen-bond donors (Lipinski definition) is 1. The number of carbonyl (C=O) groups is 1. The third-order valence-electron chi connectivity index (χ3n) is 3.69. The Morgan fingerprint density at radius 1 is 1.39 bits per heavy atom. The number of likely N-dealkylation sites (N-methyl/N-ethyl adjacent to an activating group) is 1. The van der Waals surface area contributed by atoms with E-state index in [-0.39, 0.29) is 12.1 Å². The van der Waals surface area contributed by atoms with Crippen molar-refractivity contribution < 1.29 is 9.90 Å². The fourth-order valence-corrected chi connectivity index (χ4v) is 2.84. The van der Waals surface area contributed by atoms with Gasteiger partial charge in [-0.3, -0.25) is 4.79 Å². The first-order valence-corrected chi connectivity index (χ1v) is 6.67. The van der Waals surface area contributed by atoms with Gasteiger partial charge in [-0.1, -0.05) is 24.4 Å². The Bertz CT molecular complexity index is 436. The number of halogens is 1. The summed E-state index contributed by atoms with van der Waals surface area (Å²) in [4.78, 5) is 13.1. The van der Waals surface area contributed by atoms with Gasteiger partial charge >= 0.3 is 0 Å². The molecule has 1 saturated carbocycles. The van der Waals surface area contributed by atoms with Crippen LogP contribution in [0.15, 0.2) is 18.2 Å². The molecule has 3 nitrogen and oxygen atoms in total. The Kier molecular flexibility index (Phi) is 4.25. The first kappa shape index (κ1) is 13.4. The van der Waals surface area contributed by atoms with Crippen LogP contribution in [-0.2, 0) is 0 Å². The Balaban J connectivity index is 2.27. The number of nitrogens with zero attached hydrogens (tertiary/aromatic N) is 1. The normalized spacial score (nSPS) is 23.7. The molecule has 1 aromatic carbocycles. The summed E-state index contributed by atoms with van der Waals surface area (Å²) in [6.07, 6.45) is 4.48. The summed E-state index contributed by atoms with van der Waals surface area (Å²) in [6.45, 7) is 0. The summed E-state index contributed by atoms with van der Waals surface area (Å²) < 4.78 is 0. The fourth-order valence-electron chi connectivity index (χ4n) is 2.66. The maximum Gasteiger partial charge on any atom is 0.152 e. The lowest BCUT2D eigenvalue weighted by Crippen LogP contribution is -2.43. The molecule has 0 saturated heterocycles. The number of aliphatic hydroxyl groups is 1. The van der Waals surface area contributed by atoms with Gasteiger partial charge in [-0.2, -0.15) is 0 Å². The number of hydrogen-bond acceptors (Lipinski definition) is 3. The molecule has 2 atom stereocenters. The molecule has 98 valence electrons. The highest BCUT2D eigenvalue weighted by Gasteiger charge is 2.27. The molecule has 1 aliphatic rings. The molecule has 0 heterocycles. The van der Waals surface area contributed by atoms with Crippen molar-refractivity contribution in [3.05, 3.63) is 28.8 Å². The van der Waals surface area contributed by atoms with Gasteiger partial charge in [0, 0.05) is 23.3 Å². The zero-order valence-corrected chi connectivity index (χ0v) is 11.2. The van der Waals surface area contributed by atoms with E-state index in [9.17, 15) is 9.90 Å². The van der Waals surface area contributed by atoms with Gasteiger partial charge in [-0.15, -0.1) is 0 Å². The van der Waals surface area contributed by atoms with Gasteiger partial charge in [0.1, 0.15) is 0 Å². The van der Waals surface area contributed by atoms with E-state index in [4.69, 9.17) is 11.6 Å². The predicted octanol–water partition coefficient (Wildman–Crippen LogP) is 2.89. The van der Waals surface area contributed by atoms with Gasteiger partial charge in [-0.05, 0) is 31.0 Å². The molecular weight excluding hydrogens is 250 g/mol. The first-order chi connectivity index (χ1) is 8.63. The van der Waals surface area contributed by atoms with Crippen molar-refractivity contribution >= 4 is 23.6 Å². The Hall–Kier alpha value is -1.06. The minimum absolute atomic E-state index is 0.0821. The highest BCUT2D eigenvalue weighted by molar-refractivity contribution is 6.31. The van der Waals surface area contributed by atoms with Crippen molar-refractivity contribution in [3.8, 4) is 0 Å². The average molecular weight is 268 g/mol. The number of aldehydes is 1. The van der Waals surface area contributed by atoms with E-state index in [1.54, 1.807) is 12.1 Å². The number of rotatable bonds is 3. The molecule has 0 bridgehead atoms. The standard InChI is InChI=1S/C14H18ClNO2/c1-16(13-4-2-3-5-14(13)18)12-7-6-11(15)8-10(12)9-17/h6-9,13-14,18H,2-5H2,1H3. The molecule has 4 heteroatoms. The summed E-state index contributed by atoms with van der Waals surface area (Å²) >= 11 is 5.89. The van der Waals surface area contributed by atoms with Gasteiger partial charge in [0.15, 0.2) is 6.29 Å². The number of anilines is 1. The molecule has 0 spiro atoms. The zero-order valence-electron chi connectivity index (χ0n) is 10.5. The first-order valence-electron chi connectivity index (χ1n) is 6.29. The molecule has 1 N–H and O–H groups in total. The van der Waals surface area contributed by atoms with Crippen LogP contribution in [0.3, 0.4) is 0 Å². The highest BCUT2D eigenvalue weighted by Crippen LogP contribution is 2.29.